The molecule has 3 atom stereocenters. The van der Waals surface area contributed by atoms with Gasteiger partial charge in [-0.2, -0.15) is 0 Å². The van der Waals surface area contributed by atoms with Crippen LogP contribution in [0.15, 0.2) is 0 Å². The van der Waals surface area contributed by atoms with E-state index in [9.17, 15) is 0 Å². The van der Waals surface area contributed by atoms with Gasteiger partial charge in [-0.25, -0.2) is 0 Å². The summed E-state index contributed by atoms with van der Waals surface area (Å²) in [6.07, 6.45) is 1.93. The normalized spacial score (nSPS) is 26.3. The fraction of sp³-hybridized carbons (Fsp3) is 1.00. The molecule has 1 heterocycles. The topological polar surface area (TPSA) is 65.7 Å². The van der Waals surface area contributed by atoms with Crippen molar-refractivity contribution in [3.8, 4) is 0 Å². The van der Waals surface area contributed by atoms with Gasteiger partial charge in [0.1, 0.15) is 0 Å². The standard InChI is InChI=1S/C16H36BN2O3Si/c1-12-14(22-16(5,6)21-12)13(11-17-19-18)9-10-20-23(7,8)15(2,3)4/h12-14,19H,9-11,18H2,1-8H3/t12?,13-,14-/m1/s1. The van der Waals surface area contributed by atoms with Crippen LogP contribution in [-0.4, -0.2) is 40.3 Å². The maximum Gasteiger partial charge on any atom is 0.225 e. The van der Waals surface area contributed by atoms with Crippen molar-refractivity contribution in [2.24, 2.45) is 11.8 Å². The monoisotopic (exact) mass is 343 g/mol. The highest BCUT2D eigenvalue weighted by atomic mass is 28.4. The molecule has 0 bridgehead atoms. The van der Waals surface area contributed by atoms with Crippen LogP contribution in [0.2, 0.25) is 24.5 Å². The summed E-state index contributed by atoms with van der Waals surface area (Å²) in [5.41, 5.74) is 0. The van der Waals surface area contributed by atoms with E-state index < -0.39 is 14.1 Å². The molecular formula is C16H36BN2O3Si. The first-order valence-corrected chi connectivity index (χ1v) is 11.6. The Morgan fingerprint density at radius 1 is 1.30 bits per heavy atom. The zero-order valence-electron chi connectivity index (χ0n) is 16.2. The molecule has 1 aliphatic rings. The smallest absolute Gasteiger partial charge is 0.225 e. The Balaban J connectivity index is 2.62. The second-order valence-electron chi connectivity index (χ2n) is 8.57. The van der Waals surface area contributed by atoms with Crippen molar-refractivity contribution < 1.29 is 13.9 Å². The minimum Gasteiger partial charge on any atom is -0.417 e. The first-order chi connectivity index (χ1) is 10.4. The molecule has 1 saturated heterocycles. The van der Waals surface area contributed by atoms with Crippen LogP contribution < -0.4 is 11.2 Å². The Morgan fingerprint density at radius 2 is 1.91 bits per heavy atom. The molecule has 1 radical (unpaired) electrons. The average Bonchev–Trinajstić information content (AvgIpc) is 2.65. The van der Waals surface area contributed by atoms with E-state index in [2.05, 4.69) is 46.1 Å². The van der Waals surface area contributed by atoms with Crippen molar-refractivity contribution in [1.82, 2.24) is 5.34 Å². The molecule has 1 unspecified atom stereocenters. The van der Waals surface area contributed by atoms with Crippen molar-refractivity contribution in [3.63, 3.8) is 0 Å². The van der Waals surface area contributed by atoms with Crippen molar-refractivity contribution in [2.75, 3.05) is 6.61 Å². The number of rotatable bonds is 8. The number of ether oxygens (including phenoxy) is 2. The van der Waals surface area contributed by atoms with Gasteiger partial charge in [-0.1, -0.05) is 27.1 Å². The molecule has 1 aliphatic heterocycles. The van der Waals surface area contributed by atoms with Gasteiger partial charge in [0.15, 0.2) is 14.1 Å². The third kappa shape index (κ3) is 6.14. The molecule has 1 rings (SSSR count). The third-order valence-electron chi connectivity index (χ3n) is 5.11. The molecule has 0 aliphatic carbocycles. The Hall–Kier alpha value is 0.0818. The van der Waals surface area contributed by atoms with Gasteiger partial charge in [0.25, 0.3) is 0 Å². The summed E-state index contributed by atoms with van der Waals surface area (Å²) in [5.74, 6) is 5.23. The lowest BCUT2D eigenvalue weighted by Gasteiger charge is -2.37. The molecule has 7 heteroatoms. The van der Waals surface area contributed by atoms with E-state index >= 15 is 0 Å². The van der Waals surface area contributed by atoms with E-state index in [1.165, 1.54) is 0 Å². The van der Waals surface area contributed by atoms with E-state index in [-0.39, 0.29) is 17.2 Å². The Kier molecular flexibility index (Phi) is 7.32. The van der Waals surface area contributed by atoms with E-state index in [0.29, 0.717) is 5.92 Å². The van der Waals surface area contributed by atoms with Crippen LogP contribution in [0.5, 0.6) is 0 Å². The van der Waals surface area contributed by atoms with Crippen molar-refractivity contribution >= 4 is 15.7 Å². The average molecular weight is 343 g/mol. The van der Waals surface area contributed by atoms with Crippen LogP contribution in [0, 0.1) is 5.92 Å². The quantitative estimate of drug-likeness (QED) is 0.403. The molecule has 135 valence electrons. The lowest BCUT2D eigenvalue weighted by atomic mass is 9.76. The predicted octanol–water partition coefficient (Wildman–Crippen LogP) is 3.06. The van der Waals surface area contributed by atoms with E-state index in [1.807, 2.05) is 21.3 Å². The number of hydrogen-bond donors (Lipinski definition) is 2. The zero-order valence-corrected chi connectivity index (χ0v) is 17.2. The highest BCUT2D eigenvalue weighted by Gasteiger charge is 2.43. The van der Waals surface area contributed by atoms with E-state index in [4.69, 9.17) is 19.7 Å². The van der Waals surface area contributed by atoms with Gasteiger partial charge < -0.3 is 19.2 Å². The molecule has 23 heavy (non-hydrogen) atoms. The highest BCUT2D eigenvalue weighted by Crippen LogP contribution is 2.38. The van der Waals surface area contributed by atoms with Gasteiger partial charge in [0.05, 0.1) is 12.2 Å². The first-order valence-electron chi connectivity index (χ1n) is 8.67. The molecule has 3 N–H and O–H groups in total. The van der Waals surface area contributed by atoms with Gasteiger partial charge in [-0.15, -0.1) is 0 Å². The van der Waals surface area contributed by atoms with Crippen LogP contribution >= 0.6 is 0 Å². The molecule has 0 aromatic carbocycles. The molecule has 0 saturated carbocycles. The molecule has 0 amide bonds. The first kappa shape index (κ1) is 21.1. The molecule has 5 nitrogen and oxygen atoms in total. The van der Waals surface area contributed by atoms with Crippen molar-refractivity contribution in [1.29, 1.82) is 0 Å². The summed E-state index contributed by atoms with van der Waals surface area (Å²) in [6, 6.07) is 0. The summed E-state index contributed by atoms with van der Waals surface area (Å²) in [5, 5.41) is 2.87. The summed E-state index contributed by atoms with van der Waals surface area (Å²) in [7, 11) is 0.177. The van der Waals surface area contributed by atoms with Gasteiger partial charge in [0.2, 0.25) is 7.41 Å². The largest absolute Gasteiger partial charge is 0.417 e. The molecule has 0 aromatic rings. The second kappa shape index (κ2) is 7.97. The maximum absolute atomic E-state index is 6.33. The van der Waals surface area contributed by atoms with Gasteiger partial charge in [0, 0.05) is 6.61 Å². The summed E-state index contributed by atoms with van der Waals surface area (Å²) in [6.45, 7) is 18.1. The fourth-order valence-corrected chi connectivity index (χ4v) is 3.82. The predicted molar refractivity (Wildman–Crippen MR) is 98.6 cm³/mol. The van der Waals surface area contributed by atoms with Crippen LogP contribution in [0.4, 0.5) is 0 Å². The van der Waals surface area contributed by atoms with Gasteiger partial charge in [-0.05, 0) is 51.2 Å². The summed E-state index contributed by atoms with van der Waals surface area (Å²) < 4.78 is 18.3. The van der Waals surface area contributed by atoms with Crippen LogP contribution in [0.3, 0.4) is 0 Å². The maximum atomic E-state index is 6.33. The van der Waals surface area contributed by atoms with Gasteiger partial charge >= 0.3 is 0 Å². The fourth-order valence-electron chi connectivity index (χ4n) is 2.76. The lowest BCUT2D eigenvalue weighted by Crippen LogP contribution is -2.42. The Bertz CT molecular complexity index is 375. The minimum atomic E-state index is -1.71. The zero-order chi connectivity index (χ0) is 17.9. The van der Waals surface area contributed by atoms with E-state index in [0.717, 1.165) is 19.3 Å². The summed E-state index contributed by atoms with van der Waals surface area (Å²) in [4.78, 5) is 0. The van der Waals surface area contributed by atoms with Crippen LogP contribution in [0.1, 0.15) is 48.0 Å². The molecule has 0 spiro atoms. The third-order valence-corrected chi connectivity index (χ3v) is 9.65. The van der Waals surface area contributed by atoms with Crippen LogP contribution in [0.25, 0.3) is 0 Å². The Labute approximate surface area is 144 Å². The van der Waals surface area contributed by atoms with E-state index in [1.54, 1.807) is 0 Å². The lowest BCUT2D eigenvalue weighted by molar-refractivity contribution is -0.149. The molecule has 1 fully saturated rings. The molecular weight excluding hydrogens is 307 g/mol. The van der Waals surface area contributed by atoms with Gasteiger partial charge in [-0.3, -0.25) is 5.84 Å². The minimum absolute atomic E-state index is 0.0672. The Morgan fingerprint density at radius 3 is 2.35 bits per heavy atom. The number of nitrogens with one attached hydrogen (secondary N) is 1. The number of nitrogens with two attached hydrogens (primary N) is 1. The van der Waals surface area contributed by atoms with Crippen molar-refractivity contribution in [2.45, 2.75) is 90.4 Å². The highest BCUT2D eigenvalue weighted by molar-refractivity contribution is 6.74. The SMILES string of the molecule is CC1OC(C)(C)O[C@H]1[C@@H](C[B]NN)CCO[Si](C)(C)C(C)(C)C. The van der Waals surface area contributed by atoms with Crippen LogP contribution in [-0.2, 0) is 13.9 Å². The molecule has 0 aromatic heterocycles. The van der Waals surface area contributed by atoms with Crippen molar-refractivity contribution in [3.05, 3.63) is 0 Å². The second-order valence-corrected chi connectivity index (χ2v) is 13.4. The number of hydrogen-bond acceptors (Lipinski definition) is 5. The summed E-state index contributed by atoms with van der Waals surface area (Å²) >= 11 is 0. The number of hydrazine groups is 1.